The number of nitrogens with zero attached hydrogens (tertiary/aromatic N) is 1. The first kappa shape index (κ1) is 16.7. The Morgan fingerprint density at radius 2 is 1.70 bits per heavy atom. The molecule has 0 unspecified atom stereocenters. The maximum absolute atomic E-state index is 6.43. The van der Waals surface area contributed by atoms with Crippen LogP contribution in [0.5, 0.6) is 0 Å². The van der Waals surface area contributed by atoms with Gasteiger partial charge in [-0.15, -0.1) is 0 Å². The van der Waals surface area contributed by atoms with Gasteiger partial charge in [-0.05, 0) is 35.9 Å². The number of anilines is 2. The highest BCUT2D eigenvalue weighted by atomic mass is 35.5. The summed E-state index contributed by atoms with van der Waals surface area (Å²) in [7, 11) is 0. The van der Waals surface area contributed by atoms with E-state index in [1.807, 2.05) is 30.3 Å². The molecule has 0 radical (unpaired) electrons. The van der Waals surface area contributed by atoms with Crippen LogP contribution in [0.4, 0.5) is 11.4 Å². The van der Waals surface area contributed by atoms with Gasteiger partial charge in [-0.25, -0.2) is 0 Å². The molecule has 0 spiro atoms. The van der Waals surface area contributed by atoms with Crippen LogP contribution in [0.3, 0.4) is 0 Å². The van der Waals surface area contributed by atoms with Crippen molar-refractivity contribution in [3.05, 3.63) is 57.0 Å². The molecule has 0 atom stereocenters. The first-order valence-electron chi connectivity index (χ1n) is 7.43. The number of hydrogen-bond acceptors (Lipinski definition) is 3. The van der Waals surface area contributed by atoms with Crippen LogP contribution in [0.1, 0.15) is 5.56 Å². The zero-order valence-corrected chi connectivity index (χ0v) is 14.8. The Balaban J connectivity index is 1.66. The summed E-state index contributed by atoms with van der Waals surface area (Å²) in [6, 6.07) is 11.6. The highest BCUT2D eigenvalue weighted by Crippen LogP contribution is 2.30. The van der Waals surface area contributed by atoms with E-state index in [-0.39, 0.29) is 0 Å². The molecule has 1 aliphatic rings. The molecular weight excluding hydrogens is 355 g/mol. The van der Waals surface area contributed by atoms with Crippen LogP contribution < -0.4 is 10.2 Å². The largest absolute Gasteiger partial charge is 0.381 e. The van der Waals surface area contributed by atoms with E-state index >= 15 is 0 Å². The van der Waals surface area contributed by atoms with Gasteiger partial charge < -0.3 is 15.0 Å². The fourth-order valence-electron chi connectivity index (χ4n) is 2.53. The quantitative estimate of drug-likeness (QED) is 0.809. The minimum absolute atomic E-state index is 0.562. The summed E-state index contributed by atoms with van der Waals surface area (Å²) in [5, 5.41) is 5.22. The van der Waals surface area contributed by atoms with Crippen molar-refractivity contribution in [1.29, 1.82) is 0 Å². The van der Waals surface area contributed by atoms with Crippen LogP contribution in [0.25, 0.3) is 0 Å². The van der Waals surface area contributed by atoms with Crippen molar-refractivity contribution in [2.75, 3.05) is 36.5 Å². The van der Waals surface area contributed by atoms with Crippen molar-refractivity contribution in [1.82, 2.24) is 0 Å². The lowest BCUT2D eigenvalue weighted by atomic mass is 10.2. The molecule has 2 aromatic carbocycles. The van der Waals surface area contributed by atoms with Crippen molar-refractivity contribution in [3.63, 3.8) is 0 Å². The van der Waals surface area contributed by atoms with Gasteiger partial charge in [-0.3, -0.25) is 0 Å². The molecule has 1 fully saturated rings. The Bertz CT molecular complexity index is 688. The summed E-state index contributed by atoms with van der Waals surface area (Å²) in [4.78, 5) is 2.24. The molecule has 3 rings (SSSR count). The van der Waals surface area contributed by atoms with Crippen molar-refractivity contribution < 1.29 is 4.74 Å². The lowest BCUT2D eigenvalue weighted by Gasteiger charge is -2.29. The summed E-state index contributed by atoms with van der Waals surface area (Å²) < 4.78 is 5.37. The van der Waals surface area contributed by atoms with E-state index in [9.17, 15) is 0 Å². The van der Waals surface area contributed by atoms with E-state index in [0.717, 1.165) is 48.3 Å². The second kappa shape index (κ2) is 7.63. The Labute approximate surface area is 151 Å². The van der Waals surface area contributed by atoms with Crippen molar-refractivity contribution >= 4 is 46.2 Å². The van der Waals surface area contributed by atoms with E-state index in [2.05, 4.69) is 10.2 Å². The number of hydrogen-bond donors (Lipinski definition) is 1. The number of rotatable bonds is 4. The molecule has 0 bridgehead atoms. The van der Waals surface area contributed by atoms with Crippen LogP contribution in [-0.2, 0) is 11.3 Å². The molecule has 23 heavy (non-hydrogen) atoms. The predicted molar refractivity (Wildman–Crippen MR) is 98.3 cm³/mol. The van der Waals surface area contributed by atoms with Gasteiger partial charge in [0, 0.05) is 25.3 Å². The summed E-state index contributed by atoms with van der Waals surface area (Å²) in [5.74, 6) is 0. The standard InChI is InChI=1S/C17H17Cl3N2O/c18-14-3-1-12(9-15(14)19)11-21-13-2-4-17(16(20)10-13)22-5-7-23-8-6-22/h1-4,9-10,21H,5-8,11H2. The van der Waals surface area contributed by atoms with Crippen LogP contribution in [0.15, 0.2) is 36.4 Å². The summed E-state index contributed by atoms with van der Waals surface area (Å²) >= 11 is 18.4. The Kier molecular flexibility index (Phi) is 5.54. The molecule has 1 saturated heterocycles. The maximum atomic E-state index is 6.43. The zero-order chi connectivity index (χ0) is 16.2. The zero-order valence-electron chi connectivity index (χ0n) is 12.5. The third-order valence-corrected chi connectivity index (χ3v) is 4.82. The summed E-state index contributed by atoms with van der Waals surface area (Å²) in [5.41, 5.74) is 3.08. The molecule has 6 heteroatoms. The molecule has 122 valence electrons. The van der Waals surface area contributed by atoms with Crippen LogP contribution in [0.2, 0.25) is 15.1 Å². The molecule has 1 aliphatic heterocycles. The van der Waals surface area contributed by atoms with E-state index in [1.165, 1.54) is 0 Å². The molecule has 2 aromatic rings. The van der Waals surface area contributed by atoms with Crippen molar-refractivity contribution in [2.24, 2.45) is 0 Å². The van der Waals surface area contributed by atoms with Gasteiger partial charge in [0.05, 0.1) is 34.0 Å². The molecule has 3 nitrogen and oxygen atoms in total. The second-order valence-corrected chi connectivity index (χ2v) is 6.59. The molecule has 0 aromatic heterocycles. The Morgan fingerprint density at radius 3 is 2.39 bits per heavy atom. The average Bonchev–Trinajstić information content (AvgIpc) is 2.57. The third-order valence-electron chi connectivity index (χ3n) is 3.78. The summed E-state index contributed by atoms with van der Waals surface area (Å²) in [6.07, 6.45) is 0. The highest BCUT2D eigenvalue weighted by molar-refractivity contribution is 6.42. The predicted octanol–water partition coefficient (Wildman–Crippen LogP) is 5.10. The third kappa shape index (κ3) is 4.24. The van der Waals surface area contributed by atoms with E-state index in [4.69, 9.17) is 39.5 Å². The lowest BCUT2D eigenvalue weighted by Crippen LogP contribution is -2.36. The first-order chi connectivity index (χ1) is 11.1. The van der Waals surface area contributed by atoms with Crippen molar-refractivity contribution in [2.45, 2.75) is 6.54 Å². The van der Waals surface area contributed by atoms with Crippen LogP contribution in [0, 0.1) is 0 Å². The number of benzene rings is 2. The number of halogens is 3. The van der Waals surface area contributed by atoms with Gasteiger partial charge in [0.25, 0.3) is 0 Å². The SMILES string of the molecule is Clc1ccc(CNc2ccc(N3CCOCC3)c(Cl)c2)cc1Cl. The maximum Gasteiger partial charge on any atom is 0.0660 e. The average molecular weight is 372 g/mol. The Hall–Kier alpha value is -1.13. The number of nitrogens with one attached hydrogen (secondary N) is 1. The van der Waals surface area contributed by atoms with Gasteiger partial charge in [-0.2, -0.15) is 0 Å². The second-order valence-electron chi connectivity index (χ2n) is 5.37. The Morgan fingerprint density at radius 1 is 0.913 bits per heavy atom. The fourth-order valence-corrected chi connectivity index (χ4v) is 3.15. The minimum atomic E-state index is 0.562. The first-order valence-corrected chi connectivity index (χ1v) is 8.57. The fraction of sp³-hybridized carbons (Fsp3) is 0.294. The van der Waals surface area contributed by atoms with Gasteiger partial charge in [0.15, 0.2) is 0 Å². The van der Waals surface area contributed by atoms with E-state index in [1.54, 1.807) is 6.07 Å². The normalized spacial score (nSPS) is 14.8. The van der Waals surface area contributed by atoms with Gasteiger partial charge in [0.1, 0.15) is 0 Å². The molecule has 0 amide bonds. The van der Waals surface area contributed by atoms with Gasteiger partial charge in [0.2, 0.25) is 0 Å². The van der Waals surface area contributed by atoms with Crippen LogP contribution in [-0.4, -0.2) is 26.3 Å². The topological polar surface area (TPSA) is 24.5 Å². The number of ether oxygens (including phenoxy) is 1. The van der Waals surface area contributed by atoms with E-state index in [0.29, 0.717) is 16.6 Å². The van der Waals surface area contributed by atoms with Gasteiger partial charge in [-0.1, -0.05) is 40.9 Å². The minimum Gasteiger partial charge on any atom is -0.381 e. The van der Waals surface area contributed by atoms with Gasteiger partial charge >= 0.3 is 0 Å². The molecular formula is C17H17Cl3N2O. The highest BCUT2D eigenvalue weighted by Gasteiger charge is 2.14. The smallest absolute Gasteiger partial charge is 0.0660 e. The number of morpholine rings is 1. The molecule has 0 aliphatic carbocycles. The molecule has 0 saturated carbocycles. The lowest BCUT2D eigenvalue weighted by molar-refractivity contribution is 0.122. The van der Waals surface area contributed by atoms with E-state index < -0.39 is 0 Å². The molecule has 1 N–H and O–H groups in total. The van der Waals surface area contributed by atoms with Crippen LogP contribution >= 0.6 is 34.8 Å². The monoisotopic (exact) mass is 370 g/mol. The van der Waals surface area contributed by atoms with Crippen molar-refractivity contribution in [3.8, 4) is 0 Å². The summed E-state index contributed by atoms with van der Waals surface area (Å²) in [6.45, 7) is 3.89. The molecule has 1 heterocycles.